The number of ether oxygens (including phenoxy) is 1. The minimum atomic E-state index is -0.394. The molecule has 0 unspecified atom stereocenters. The Kier molecular flexibility index (Phi) is 4.91. The number of aromatic nitrogens is 2. The average molecular weight is 356 g/mol. The number of nitrogens with one attached hydrogen (secondary N) is 2. The van der Waals surface area contributed by atoms with Crippen LogP contribution in [0.2, 0.25) is 0 Å². The van der Waals surface area contributed by atoms with Crippen LogP contribution in [0.15, 0.2) is 24.3 Å². The fourth-order valence-corrected chi connectivity index (χ4v) is 3.50. The van der Waals surface area contributed by atoms with E-state index in [9.17, 15) is 4.39 Å². The van der Waals surface area contributed by atoms with Gasteiger partial charge in [-0.05, 0) is 37.8 Å². The Labute approximate surface area is 153 Å². The summed E-state index contributed by atoms with van der Waals surface area (Å²) in [6.45, 7) is 0. The van der Waals surface area contributed by atoms with Gasteiger partial charge in [-0.1, -0.05) is 19.3 Å². The second kappa shape index (κ2) is 7.48. The summed E-state index contributed by atoms with van der Waals surface area (Å²) in [5.41, 5.74) is 1.71. The largest absolute Gasteiger partial charge is 0.494 e. The minimum Gasteiger partial charge on any atom is -0.494 e. The average Bonchev–Trinajstić information content (AvgIpc) is 3.48. The van der Waals surface area contributed by atoms with E-state index in [-0.39, 0.29) is 5.75 Å². The molecule has 138 valence electrons. The van der Waals surface area contributed by atoms with E-state index in [1.165, 1.54) is 58.1 Å². The smallest absolute Gasteiger partial charge is 0.225 e. The zero-order valence-electron chi connectivity index (χ0n) is 15.1. The van der Waals surface area contributed by atoms with Crippen LogP contribution in [0.25, 0.3) is 0 Å². The Morgan fingerprint density at radius 3 is 2.54 bits per heavy atom. The van der Waals surface area contributed by atoms with Crippen molar-refractivity contribution < 1.29 is 9.13 Å². The Hall–Kier alpha value is -2.37. The number of nitrogens with zero attached hydrogens (tertiary/aromatic N) is 2. The predicted molar refractivity (Wildman–Crippen MR) is 101 cm³/mol. The normalized spacial score (nSPS) is 17.8. The molecule has 26 heavy (non-hydrogen) atoms. The van der Waals surface area contributed by atoms with Crippen LogP contribution in [0.1, 0.15) is 56.6 Å². The van der Waals surface area contributed by atoms with Gasteiger partial charge in [0, 0.05) is 29.8 Å². The summed E-state index contributed by atoms with van der Waals surface area (Å²) in [6, 6.07) is 7.25. The number of anilines is 3. The van der Waals surface area contributed by atoms with Crippen molar-refractivity contribution in [1.82, 2.24) is 9.97 Å². The lowest BCUT2D eigenvalue weighted by Gasteiger charge is -2.23. The molecule has 0 spiro atoms. The van der Waals surface area contributed by atoms with E-state index in [4.69, 9.17) is 9.72 Å². The molecule has 0 atom stereocenters. The number of hydrogen-bond donors (Lipinski definition) is 2. The van der Waals surface area contributed by atoms with E-state index in [0.29, 0.717) is 29.4 Å². The summed E-state index contributed by atoms with van der Waals surface area (Å²) in [7, 11) is 1.46. The van der Waals surface area contributed by atoms with Crippen molar-refractivity contribution in [2.75, 3.05) is 17.7 Å². The molecule has 1 aromatic heterocycles. The first kappa shape index (κ1) is 17.1. The molecular weight excluding hydrogens is 331 g/mol. The molecule has 2 fully saturated rings. The van der Waals surface area contributed by atoms with Gasteiger partial charge < -0.3 is 15.4 Å². The van der Waals surface area contributed by atoms with Gasteiger partial charge in [-0.25, -0.2) is 9.37 Å². The summed E-state index contributed by atoms with van der Waals surface area (Å²) in [5, 5.41) is 6.71. The van der Waals surface area contributed by atoms with Gasteiger partial charge in [0.1, 0.15) is 5.82 Å². The summed E-state index contributed by atoms with van der Waals surface area (Å²) in [4.78, 5) is 9.34. The molecule has 0 amide bonds. The van der Waals surface area contributed by atoms with Crippen molar-refractivity contribution in [2.24, 2.45) is 0 Å². The topological polar surface area (TPSA) is 59.1 Å². The minimum absolute atomic E-state index is 0.233. The van der Waals surface area contributed by atoms with Crippen LogP contribution >= 0.6 is 0 Å². The molecule has 0 saturated heterocycles. The van der Waals surface area contributed by atoms with Crippen LogP contribution < -0.4 is 15.4 Å². The molecule has 0 bridgehead atoms. The standard InChI is InChI=1S/C20H25FN4O/c1-26-18-10-9-15(11-16(18)21)22-19-12-17(13-7-8-13)24-20(25-19)23-14-5-3-2-4-6-14/h9-14H,2-8H2,1H3,(H2,22,23,24,25). The molecule has 5 nitrogen and oxygen atoms in total. The van der Waals surface area contributed by atoms with Gasteiger partial charge in [-0.3, -0.25) is 0 Å². The zero-order chi connectivity index (χ0) is 17.9. The van der Waals surface area contributed by atoms with Gasteiger partial charge in [-0.15, -0.1) is 0 Å². The lowest BCUT2D eigenvalue weighted by atomic mass is 9.96. The fraction of sp³-hybridized carbons (Fsp3) is 0.500. The molecule has 6 heteroatoms. The van der Waals surface area contributed by atoms with Crippen LogP contribution in [0.4, 0.5) is 21.8 Å². The Morgan fingerprint density at radius 2 is 1.85 bits per heavy atom. The first-order valence-electron chi connectivity index (χ1n) is 9.47. The molecule has 2 N–H and O–H groups in total. The van der Waals surface area contributed by atoms with Crippen molar-refractivity contribution >= 4 is 17.5 Å². The molecule has 1 heterocycles. The third kappa shape index (κ3) is 4.06. The quantitative estimate of drug-likeness (QED) is 0.763. The number of rotatable bonds is 6. The molecule has 2 saturated carbocycles. The van der Waals surface area contributed by atoms with Gasteiger partial charge >= 0.3 is 0 Å². The van der Waals surface area contributed by atoms with E-state index >= 15 is 0 Å². The van der Waals surface area contributed by atoms with Crippen molar-refractivity contribution in [2.45, 2.75) is 56.9 Å². The summed E-state index contributed by atoms with van der Waals surface area (Å²) in [5.74, 6) is 1.74. The van der Waals surface area contributed by atoms with E-state index in [2.05, 4.69) is 15.6 Å². The lowest BCUT2D eigenvalue weighted by molar-refractivity contribution is 0.386. The molecule has 2 aromatic rings. The van der Waals surface area contributed by atoms with Crippen molar-refractivity contribution in [3.8, 4) is 5.75 Å². The summed E-state index contributed by atoms with van der Waals surface area (Å²) >= 11 is 0. The van der Waals surface area contributed by atoms with Crippen molar-refractivity contribution in [1.29, 1.82) is 0 Å². The van der Waals surface area contributed by atoms with Crippen LogP contribution in [0.5, 0.6) is 5.75 Å². The third-order valence-corrected chi connectivity index (χ3v) is 5.10. The van der Waals surface area contributed by atoms with Crippen LogP contribution in [-0.4, -0.2) is 23.1 Å². The Balaban J connectivity index is 1.55. The van der Waals surface area contributed by atoms with Gasteiger partial charge in [0.15, 0.2) is 11.6 Å². The molecular formula is C20H25FN4O. The van der Waals surface area contributed by atoms with Crippen LogP contribution in [0.3, 0.4) is 0 Å². The predicted octanol–water partition coefficient (Wildman–Crippen LogP) is 4.99. The Bertz CT molecular complexity index is 772. The van der Waals surface area contributed by atoms with Crippen molar-refractivity contribution in [3.63, 3.8) is 0 Å². The zero-order valence-corrected chi connectivity index (χ0v) is 15.1. The molecule has 0 radical (unpaired) electrons. The highest BCUT2D eigenvalue weighted by atomic mass is 19.1. The maximum Gasteiger partial charge on any atom is 0.225 e. The van der Waals surface area contributed by atoms with Crippen LogP contribution in [0, 0.1) is 5.82 Å². The third-order valence-electron chi connectivity index (χ3n) is 5.10. The number of benzene rings is 1. The van der Waals surface area contributed by atoms with Gasteiger partial charge in [0.2, 0.25) is 5.95 Å². The molecule has 0 aliphatic heterocycles. The molecule has 2 aliphatic carbocycles. The second-order valence-electron chi connectivity index (χ2n) is 7.23. The highest BCUT2D eigenvalue weighted by Crippen LogP contribution is 2.40. The number of hydrogen-bond acceptors (Lipinski definition) is 5. The fourth-order valence-electron chi connectivity index (χ4n) is 3.50. The van der Waals surface area contributed by atoms with Gasteiger partial charge in [0.05, 0.1) is 12.8 Å². The maximum atomic E-state index is 13.9. The van der Waals surface area contributed by atoms with E-state index in [0.717, 1.165) is 5.69 Å². The monoisotopic (exact) mass is 356 g/mol. The Morgan fingerprint density at radius 1 is 1.04 bits per heavy atom. The van der Waals surface area contributed by atoms with Crippen molar-refractivity contribution in [3.05, 3.63) is 35.8 Å². The van der Waals surface area contributed by atoms with E-state index < -0.39 is 5.82 Å². The highest BCUT2D eigenvalue weighted by Gasteiger charge is 2.26. The highest BCUT2D eigenvalue weighted by molar-refractivity contribution is 5.59. The van der Waals surface area contributed by atoms with Gasteiger partial charge in [-0.2, -0.15) is 4.98 Å². The second-order valence-corrected chi connectivity index (χ2v) is 7.23. The molecule has 2 aliphatic rings. The lowest BCUT2D eigenvalue weighted by Crippen LogP contribution is -2.23. The molecule has 1 aromatic carbocycles. The first-order chi connectivity index (χ1) is 12.7. The van der Waals surface area contributed by atoms with Gasteiger partial charge in [0.25, 0.3) is 0 Å². The van der Waals surface area contributed by atoms with E-state index in [1.54, 1.807) is 12.1 Å². The molecule has 4 rings (SSSR count). The summed E-state index contributed by atoms with van der Waals surface area (Å²) < 4.78 is 18.9. The number of halogens is 1. The number of methoxy groups -OCH3 is 1. The van der Waals surface area contributed by atoms with Crippen LogP contribution in [-0.2, 0) is 0 Å². The summed E-state index contributed by atoms with van der Waals surface area (Å²) in [6.07, 6.45) is 8.53. The SMILES string of the molecule is COc1ccc(Nc2cc(C3CC3)nc(NC3CCCCC3)n2)cc1F. The maximum absolute atomic E-state index is 13.9. The van der Waals surface area contributed by atoms with E-state index in [1.807, 2.05) is 6.07 Å². The first-order valence-corrected chi connectivity index (χ1v) is 9.47.